The summed E-state index contributed by atoms with van der Waals surface area (Å²) in [7, 11) is 1.60. The van der Waals surface area contributed by atoms with Crippen LogP contribution in [-0.2, 0) is 62.2 Å². The average Bonchev–Trinajstić information content (AvgIpc) is 3.70. The predicted molar refractivity (Wildman–Crippen MR) is 303 cm³/mol. The second-order valence-electron chi connectivity index (χ2n) is 22.0. The van der Waals surface area contributed by atoms with E-state index < -0.39 is 35.8 Å². The Labute approximate surface area is 477 Å². The maximum absolute atomic E-state index is 13.1. The lowest BCUT2D eigenvalue weighted by atomic mass is 9.79. The van der Waals surface area contributed by atoms with Crippen molar-refractivity contribution in [1.82, 2.24) is 20.9 Å². The Morgan fingerprint density at radius 3 is 1.65 bits per heavy atom. The lowest BCUT2D eigenvalue weighted by molar-refractivity contribution is -0.143. The SMILES string of the molecule is CCCOCCOCCCNC(=O)C(CCC(=O)O)CC(=O)CCC(NC(=O)C1CCC(CCC(=O)CCCCCCCCCCCCCCCCCCC(=O)O)CC1)C(=O)O.COCCCNC(=O)CCN1C(=O)CC(C)C1=O. The van der Waals surface area contributed by atoms with Gasteiger partial charge in [0.1, 0.15) is 17.6 Å². The van der Waals surface area contributed by atoms with E-state index >= 15 is 0 Å². The van der Waals surface area contributed by atoms with Crippen molar-refractivity contribution in [2.45, 2.75) is 238 Å². The third-order valence-electron chi connectivity index (χ3n) is 14.9. The summed E-state index contributed by atoms with van der Waals surface area (Å²) in [6.07, 6.45) is 25.8. The van der Waals surface area contributed by atoms with Crippen molar-refractivity contribution in [3.8, 4) is 0 Å². The van der Waals surface area contributed by atoms with Crippen LogP contribution in [-0.4, -0.2) is 145 Å². The van der Waals surface area contributed by atoms with Crippen molar-refractivity contribution in [2.24, 2.45) is 23.7 Å². The van der Waals surface area contributed by atoms with Crippen molar-refractivity contribution in [2.75, 3.05) is 59.8 Å². The summed E-state index contributed by atoms with van der Waals surface area (Å²) < 4.78 is 15.7. The largest absolute Gasteiger partial charge is 0.481 e. The van der Waals surface area contributed by atoms with Gasteiger partial charge in [0.05, 0.1) is 13.2 Å². The number of Topliss-reactive ketones (excluding diaryl/α,β-unsaturated/α-hetero) is 2. The molecule has 1 saturated heterocycles. The maximum atomic E-state index is 13.1. The molecule has 6 N–H and O–H groups in total. The van der Waals surface area contributed by atoms with Crippen molar-refractivity contribution in [3.63, 3.8) is 0 Å². The van der Waals surface area contributed by atoms with Gasteiger partial charge in [-0.3, -0.25) is 48.1 Å². The Balaban J connectivity index is 0.00000149. The van der Waals surface area contributed by atoms with E-state index in [1.807, 2.05) is 6.92 Å². The van der Waals surface area contributed by atoms with Crippen LogP contribution in [0, 0.1) is 23.7 Å². The number of hydrogen-bond donors (Lipinski definition) is 6. The molecule has 460 valence electrons. The van der Waals surface area contributed by atoms with Crippen LogP contribution in [0.5, 0.6) is 0 Å². The highest BCUT2D eigenvalue weighted by Crippen LogP contribution is 2.32. The lowest BCUT2D eigenvalue weighted by Gasteiger charge is -2.28. The number of imide groups is 1. The average molecular weight is 1140 g/mol. The minimum absolute atomic E-state index is 0.0276. The van der Waals surface area contributed by atoms with Gasteiger partial charge in [0.15, 0.2) is 0 Å². The molecule has 0 radical (unpaired) electrons. The molecule has 5 amide bonds. The van der Waals surface area contributed by atoms with Gasteiger partial charge in [-0.15, -0.1) is 0 Å². The molecule has 2 aliphatic rings. The molecule has 80 heavy (non-hydrogen) atoms. The van der Waals surface area contributed by atoms with E-state index in [9.17, 15) is 53.1 Å². The van der Waals surface area contributed by atoms with Crippen molar-refractivity contribution in [3.05, 3.63) is 0 Å². The summed E-state index contributed by atoms with van der Waals surface area (Å²) in [5, 5.41) is 35.7. The van der Waals surface area contributed by atoms with Gasteiger partial charge in [0.25, 0.3) is 0 Å². The molecular formula is C60H104N4O16. The Kier molecular flexibility index (Phi) is 43.7. The number of carboxylic acids is 3. The summed E-state index contributed by atoms with van der Waals surface area (Å²) in [5.41, 5.74) is 0. The van der Waals surface area contributed by atoms with Gasteiger partial charge in [0, 0.05) is 116 Å². The molecular weight excluding hydrogens is 1030 g/mol. The second kappa shape index (κ2) is 47.8. The number of rotatable bonds is 50. The molecule has 1 aliphatic carbocycles. The topological polar surface area (TPSA) is 298 Å². The summed E-state index contributed by atoms with van der Waals surface area (Å²) in [6.45, 7) is 7.38. The molecule has 20 nitrogen and oxygen atoms in total. The number of carbonyl (C=O) groups is 10. The van der Waals surface area contributed by atoms with Crippen LogP contribution < -0.4 is 16.0 Å². The number of carboxylic acid groups (broad SMARTS) is 3. The monoisotopic (exact) mass is 1140 g/mol. The fraction of sp³-hybridized carbons (Fsp3) is 0.833. The molecule has 0 aromatic heterocycles. The fourth-order valence-electron chi connectivity index (χ4n) is 9.96. The van der Waals surface area contributed by atoms with Crippen LogP contribution in [0.2, 0.25) is 0 Å². The van der Waals surface area contributed by atoms with E-state index in [-0.39, 0.29) is 92.7 Å². The summed E-state index contributed by atoms with van der Waals surface area (Å²) >= 11 is 0. The second-order valence-corrected chi connectivity index (χ2v) is 22.0. The van der Waals surface area contributed by atoms with Crippen LogP contribution in [0.25, 0.3) is 0 Å². The van der Waals surface area contributed by atoms with Crippen LogP contribution in [0.4, 0.5) is 0 Å². The summed E-state index contributed by atoms with van der Waals surface area (Å²) in [4.78, 5) is 121. The van der Waals surface area contributed by atoms with Crippen LogP contribution in [0.3, 0.4) is 0 Å². The van der Waals surface area contributed by atoms with E-state index in [0.29, 0.717) is 96.4 Å². The Bertz CT molecular complexity index is 1790. The predicted octanol–water partition coefficient (Wildman–Crippen LogP) is 8.91. The zero-order valence-corrected chi connectivity index (χ0v) is 49.2. The number of nitrogens with one attached hydrogen (secondary N) is 3. The van der Waals surface area contributed by atoms with Crippen LogP contribution in [0.1, 0.15) is 232 Å². The number of nitrogens with zero attached hydrogens (tertiary/aromatic N) is 1. The molecule has 1 saturated carbocycles. The van der Waals surface area contributed by atoms with Crippen LogP contribution >= 0.6 is 0 Å². The first kappa shape index (κ1) is 73.2. The molecule has 2 fully saturated rings. The first-order valence-electron chi connectivity index (χ1n) is 30.5. The van der Waals surface area contributed by atoms with Gasteiger partial charge in [-0.2, -0.15) is 0 Å². The molecule has 0 aromatic rings. The molecule has 3 atom stereocenters. The third kappa shape index (κ3) is 38.8. The van der Waals surface area contributed by atoms with Gasteiger partial charge in [-0.1, -0.05) is 104 Å². The number of amides is 5. The number of ether oxygens (including phenoxy) is 3. The first-order chi connectivity index (χ1) is 38.5. The van der Waals surface area contributed by atoms with Gasteiger partial charge >= 0.3 is 17.9 Å². The minimum Gasteiger partial charge on any atom is -0.481 e. The van der Waals surface area contributed by atoms with Crippen molar-refractivity contribution in [1.29, 1.82) is 0 Å². The molecule has 0 aromatic carbocycles. The quantitative estimate of drug-likeness (QED) is 0.0245. The smallest absolute Gasteiger partial charge is 0.326 e. The van der Waals surface area contributed by atoms with Gasteiger partial charge in [0.2, 0.25) is 29.5 Å². The Morgan fingerprint density at radius 1 is 0.588 bits per heavy atom. The molecule has 20 heteroatoms. The number of aliphatic carboxylic acids is 3. The number of methoxy groups -OCH3 is 1. The van der Waals surface area contributed by atoms with E-state index in [2.05, 4.69) is 16.0 Å². The fourth-order valence-corrected chi connectivity index (χ4v) is 9.96. The Hall–Kier alpha value is -4.82. The first-order valence-corrected chi connectivity index (χ1v) is 30.5. The van der Waals surface area contributed by atoms with Gasteiger partial charge in [-0.05, 0) is 83.0 Å². The number of ketones is 2. The van der Waals surface area contributed by atoms with E-state index in [4.69, 9.17) is 24.4 Å². The molecule has 2 rings (SSSR count). The van der Waals surface area contributed by atoms with E-state index in [1.165, 1.54) is 75.5 Å². The maximum Gasteiger partial charge on any atom is 0.326 e. The number of unbranched alkanes of at least 4 members (excludes halogenated alkanes) is 15. The molecule has 0 spiro atoms. The highest BCUT2D eigenvalue weighted by Gasteiger charge is 2.35. The highest BCUT2D eigenvalue weighted by molar-refractivity contribution is 6.03. The zero-order valence-electron chi connectivity index (χ0n) is 49.2. The normalized spacial score (nSPS) is 16.8. The highest BCUT2D eigenvalue weighted by atomic mass is 16.5. The zero-order chi connectivity index (χ0) is 59.2. The van der Waals surface area contributed by atoms with Crippen molar-refractivity contribution < 1.29 is 77.5 Å². The molecule has 0 bridgehead atoms. The minimum atomic E-state index is -1.26. The van der Waals surface area contributed by atoms with Gasteiger partial charge < -0.3 is 45.5 Å². The van der Waals surface area contributed by atoms with E-state index in [0.717, 1.165) is 64.2 Å². The van der Waals surface area contributed by atoms with Crippen molar-refractivity contribution >= 4 is 59.0 Å². The standard InChI is InChI=1S/C48H84N2O12.C12H20N2O4/c1-2-33-61-35-36-62-34-19-32-49-46(57)40(27-31-45(55)56)37-42(52)29-30-43(48(59)60)50-47(58)39-25-22-38(23-26-39)24-28-41(51)20-17-15-13-11-9-7-5-3-4-6-8-10-12-14-16-18-21-44(53)54;1-9-8-11(16)14(12(9)17)6-4-10(15)13-5-3-7-18-2/h38-40,43H,2-37H2,1H3,(H,49,57)(H,50,58)(H,53,54)(H,55,56)(H,59,60);9H,3-8H2,1-2H3,(H,13,15). The summed E-state index contributed by atoms with van der Waals surface area (Å²) in [6, 6.07) is -1.26. The molecule has 1 heterocycles. The van der Waals surface area contributed by atoms with E-state index in [1.54, 1.807) is 14.0 Å². The number of carbonyl (C=O) groups excluding carboxylic acids is 7. The van der Waals surface area contributed by atoms with Gasteiger partial charge in [-0.25, -0.2) is 4.79 Å². The molecule has 3 unspecified atom stereocenters. The van der Waals surface area contributed by atoms with Crippen LogP contribution in [0.15, 0.2) is 0 Å². The number of likely N-dealkylation sites (tertiary alicyclic amines) is 1. The molecule has 1 aliphatic heterocycles. The Morgan fingerprint density at radius 2 is 1.12 bits per heavy atom. The lowest BCUT2D eigenvalue weighted by Crippen LogP contribution is -2.44. The summed E-state index contributed by atoms with van der Waals surface area (Å²) in [5.74, 6) is -5.44. The number of hydrogen-bond acceptors (Lipinski definition) is 13. The third-order valence-corrected chi connectivity index (χ3v) is 14.9.